The van der Waals surface area contributed by atoms with Crippen molar-refractivity contribution < 1.29 is 14.0 Å². The van der Waals surface area contributed by atoms with Crippen LogP contribution in [-0.4, -0.2) is 47.8 Å². The highest BCUT2D eigenvalue weighted by Crippen LogP contribution is 2.18. The van der Waals surface area contributed by atoms with E-state index in [2.05, 4.69) is 0 Å². The maximum Gasteiger partial charge on any atom is 0.255 e. The molecule has 0 saturated carbocycles. The molecule has 0 bridgehead atoms. The van der Waals surface area contributed by atoms with Gasteiger partial charge >= 0.3 is 0 Å². The molecule has 0 N–H and O–H groups in total. The molecular formula is C20H20ClFN2O2. The second-order valence-corrected chi connectivity index (χ2v) is 6.68. The molecule has 1 saturated heterocycles. The van der Waals surface area contributed by atoms with Crippen molar-refractivity contribution in [3.63, 3.8) is 0 Å². The molecule has 1 fully saturated rings. The van der Waals surface area contributed by atoms with Crippen molar-refractivity contribution in [1.82, 2.24) is 9.80 Å². The lowest BCUT2D eigenvalue weighted by molar-refractivity contribution is -0.130. The number of carbonyl (C=O) groups is 2. The van der Waals surface area contributed by atoms with E-state index in [1.54, 1.807) is 52.3 Å². The van der Waals surface area contributed by atoms with Crippen LogP contribution in [0.1, 0.15) is 22.3 Å². The van der Waals surface area contributed by atoms with Gasteiger partial charge in [0.2, 0.25) is 5.91 Å². The van der Waals surface area contributed by atoms with Crippen LogP contribution in [0.2, 0.25) is 5.02 Å². The van der Waals surface area contributed by atoms with E-state index in [0.717, 1.165) is 0 Å². The zero-order chi connectivity index (χ0) is 18.5. The molecule has 0 aromatic heterocycles. The fraction of sp³-hybridized carbons (Fsp3) is 0.300. The predicted molar refractivity (Wildman–Crippen MR) is 98.7 cm³/mol. The molecule has 2 aromatic carbocycles. The molecule has 1 aliphatic rings. The van der Waals surface area contributed by atoms with Crippen molar-refractivity contribution in [3.05, 3.63) is 70.5 Å². The van der Waals surface area contributed by atoms with Crippen LogP contribution in [-0.2, 0) is 11.2 Å². The molecule has 0 spiro atoms. The van der Waals surface area contributed by atoms with Crippen molar-refractivity contribution in [2.75, 3.05) is 26.2 Å². The van der Waals surface area contributed by atoms with E-state index in [-0.39, 0.29) is 24.1 Å². The number of halogens is 2. The third-order valence-corrected chi connectivity index (χ3v) is 4.87. The Bertz CT molecular complexity index is 812. The Labute approximate surface area is 157 Å². The highest BCUT2D eigenvalue weighted by atomic mass is 35.5. The van der Waals surface area contributed by atoms with Gasteiger partial charge < -0.3 is 9.80 Å². The average molecular weight is 375 g/mol. The smallest absolute Gasteiger partial charge is 0.255 e. The second kappa shape index (κ2) is 8.32. The molecule has 6 heteroatoms. The number of hydrogen-bond acceptors (Lipinski definition) is 2. The van der Waals surface area contributed by atoms with Crippen LogP contribution >= 0.6 is 11.6 Å². The van der Waals surface area contributed by atoms with Crippen LogP contribution in [0.15, 0.2) is 48.5 Å². The monoisotopic (exact) mass is 374 g/mol. The minimum absolute atomic E-state index is 0.0329. The highest BCUT2D eigenvalue weighted by Gasteiger charge is 2.24. The number of rotatable bonds is 3. The van der Waals surface area contributed by atoms with Crippen molar-refractivity contribution in [1.29, 1.82) is 0 Å². The van der Waals surface area contributed by atoms with Crippen LogP contribution in [0.25, 0.3) is 0 Å². The van der Waals surface area contributed by atoms with Gasteiger partial charge in [0.15, 0.2) is 0 Å². The average Bonchev–Trinajstić information content (AvgIpc) is 2.90. The topological polar surface area (TPSA) is 40.6 Å². The van der Waals surface area contributed by atoms with Gasteiger partial charge in [-0.2, -0.15) is 0 Å². The Balaban J connectivity index is 1.63. The summed E-state index contributed by atoms with van der Waals surface area (Å²) < 4.78 is 13.8. The Morgan fingerprint density at radius 2 is 1.58 bits per heavy atom. The van der Waals surface area contributed by atoms with E-state index in [0.29, 0.717) is 48.7 Å². The van der Waals surface area contributed by atoms with E-state index in [1.165, 1.54) is 6.07 Å². The summed E-state index contributed by atoms with van der Waals surface area (Å²) >= 11 is 6.12. The predicted octanol–water partition coefficient (Wildman–Crippen LogP) is 3.40. The summed E-state index contributed by atoms with van der Waals surface area (Å²) in [5, 5.41) is 0.425. The van der Waals surface area contributed by atoms with Gasteiger partial charge in [0.25, 0.3) is 5.91 Å². The lowest BCUT2D eigenvalue weighted by atomic mass is 10.1. The maximum absolute atomic E-state index is 13.8. The lowest BCUT2D eigenvalue weighted by Gasteiger charge is -2.22. The van der Waals surface area contributed by atoms with Gasteiger partial charge in [-0.05, 0) is 30.2 Å². The SMILES string of the molecule is O=C(Cc1ccccc1F)N1CCCN(C(=O)c2ccccc2Cl)CC1. The maximum atomic E-state index is 13.8. The zero-order valence-corrected chi connectivity index (χ0v) is 15.1. The Kier molecular flexibility index (Phi) is 5.89. The van der Waals surface area contributed by atoms with Gasteiger partial charge in [0.05, 0.1) is 17.0 Å². The fourth-order valence-corrected chi connectivity index (χ4v) is 3.31. The fourth-order valence-electron chi connectivity index (χ4n) is 3.09. The van der Waals surface area contributed by atoms with Crippen molar-refractivity contribution in [2.24, 2.45) is 0 Å². The molecule has 4 nitrogen and oxygen atoms in total. The van der Waals surface area contributed by atoms with E-state index in [9.17, 15) is 14.0 Å². The van der Waals surface area contributed by atoms with Gasteiger partial charge in [0.1, 0.15) is 5.82 Å². The minimum atomic E-state index is -0.369. The molecule has 26 heavy (non-hydrogen) atoms. The second-order valence-electron chi connectivity index (χ2n) is 6.27. The lowest BCUT2D eigenvalue weighted by Crippen LogP contribution is -2.38. The molecular weight excluding hydrogens is 355 g/mol. The van der Waals surface area contributed by atoms with Crippen molar-refractivity contribution >= 4 is 23.4 Å². The molecule has 0 aliphatic carbocycles. The first-order valence-corrected chi connectivity index (χ1v) is 8.99. The molecule has 1 aliphatic heterocycles. The molecule has 2 aromatic rings. The number of nitrogens with zero attached hydrogens (tertiary/aromatic N) is 2. The normalized spacial score (nSPS) is 14.8. The van der Waals surface area contributed by atoms with Crippen LogP contribution in [0, 0.1) is 5.82 Å². The van der Waals surface area contributed by atoms with Crippen LogP contribution < -0.4 is 0 Å². The summed E-state index contributed by atoms with van der Waals surface area (Å²) in [6, 6.07) is 13.3. The molecule has 3 rings (SSSR count). The third-order valence-electron chi connectivity index (χ3n) is 4.54. The first-order valence-electron chi connectivity index (χ1n) is 8.61. The third kappa shape index (κ3) is 4.22. The zero-order valence-electron chi connectivity index (χ0n) is 14.3. The van der Waals surface area contributed by atoms with Gasteiger partial charge in [-0.15, -0.1) is 0 Å². The van der Waals surface area contributed by atoms with Crippen LogP contribution in [0.3, 0.4) is 0 Å². The summed E-state index contributed by atoms with van der Waals surface area (Å²) in [6.45, 7) is 1.99. The summed E-state index contributed by atoms with van der Waals surface area (Å²) in [5.74, 6) is -0.618. The van der Waals surface area contributed by atoms with Gasteiger partial charge in [-0.1, -0.05) is 41.9 Å². The van der Waals surface area contributed by atoms with Gasteiger partial charge in [-0.3, -0.25) is 9.59 Å². The van der Waals surface area contributed by atoms with Gasteiger partial charge in [-0.25, -0.2) is 4.39 Å². The Morgan fingerprint density at radius 3 is 2.35 bits per heavy atom. The number of benzene rings is 2. The van der Waals surface area contributed by atoms with Crippen LogP contribution in [0.4, 0.5) is 4.39 Å². The molecule has 0 unspecified atom stereocenters. The van der Waals surface area contributed by atoms with Crippen molar-refractivity contribution in [3.8, 4) is 0 Å². The Morgan fingerprint density at radius 1 is 0.923 bits per heavy atom. The van der Waals surface area contributed by atoms with Crippen LogP contribution in [0.5, 0.6) is 0 Å². The van der Waals surface area contributed by atoms with E-state index >= 15 is 0 Å². The molecule has 136 valence electrons. The number of carbonyl (C=O) groups excluding carboxylic acids is 2. The first-order chi connectivity index (χ1) is 12.6. The highest BCUT2D eigenvalue weighted by molar-refractivity contribution is 6.33. The minimum Gasteiger partial charge on any atom is -0.341 e. The largest absolute Gasteiger partial charge is 0.341 e. The molecule has 0 radical (unpaired) electrons. The summed E-state index contributed by atoms with van der Waals surface area (Å²) in [7, 11) is 0. The summed E-state index contributed by atoms with van der Waals surface area (Å²) in [6.07, 6.45) is 0.713. The van der Waals surface area contributed by atoms with Crippen molar-refractivity contribution in [2.45, 2.75) is 12.8 Å². The van der Waals surface area contributed by atoms with E-state index in [4.69, 9.17) is 11.6 Å². The molecule has 2 amide bonds. The molecule has 1 heterocycles. The molecule has 0 atom stereocenters. The summed E-state index contributed by atoms with van der Waals surface area (Å²) in [4.78, 5) is 28.6. The first kappa shape index (κ1) is 18.4. The van der Waals surface area contributed by atoms with E-state index < -0.39 is 0 Å². The standard InChI is InChI=1S/C20H20ClFN2O2/c21-17-8-3-2-7-16(17)20(26)24-11-5-10-23(12-13-24)19(25)14-15-6-1-4-9-18(15)22/h1-4,6-9H,5,10-14H2. The van der Waals surface area contributed by atoms with E-state index in [1.807, 2.05) is 0 Å². The van der Waals surface area contributed by atoms with Gasteiger partial charge in [0, 0.05) is 26.2 Å². The Hall–Kier alpha value is -2.40. The summed E-state index contributed by atoms with van der Waals surface area (Å²) in [5.41, 5.74) is 0.867. The quantitative estimate of drug-likeness (QED) is 0.826. The number of hydrogen-bond donors (Lipinski definition) is 0. The number of amides is 2.